The smallest absolute Gasteiger partial charge is 0.248 e. The van der Waals surface area contributed by atoms with Crippen molar-refractivity contribution in [3.05, 3.63) is 101 Å². The molecule has 3 saturated heterocycles. The number of carbonyl (C=O) groups excluding carboxylic acids is 3. The Hall–Kier alpha value is -3.62. The number of aryl methyl sites for hydroxylation is 2. The van der Waals surface area contributed by atoms with Gasteiger partial charge in [0.1, 0.15) is 6.04 Å². The lowest BCUT2D eigenvalue weighted by atomic mass is 9.66. The van der Waals surface area contributed by atoms with Crippen LogP contribution in [0.1, 0.15) is 41.6 Å². The van der Waals surface area contributed by atoms with Gasteiger partial charge in [-0.15, -0.1) is 11.8 Å². The SMILES string of the molecule is Cc1cccc(C)c1NC(=O)C1N([C@H](CO)c2ccccc2)C(=O)[C@@H]2[C@@H](C(=O)NCc3ccccc3)[C@H]3CC(C)C12S3. The van der Waals surface area contributed by atoms with Crippen LogP contribution in [0.5, 0.6) is 0 Å². The van der Waals surface area contributed by atoms with E-state index in [-0.39, 0.29) is 35.5 Å². The highest BCUT2D eigenvalue weighted by Gasteiger charge is 2.76. The molecule has 2 bridgehead atoms. The van der Waals surface area contributed by atoms with E-state index in [0.29, 0.717) is 6.54 Å². The molecule has 6 rings (SSSR count). The Kier molecular flexibility index (Phi) is 7.62. The molecular weight excluding hydrogens is 546 g/mol. The van der Waals surface area contributed by atoms with Gasteiger partial charge in [0.2, 0.25) is 17.7 Å². The normalized spacial score (nSPS) is 28.4. The molecule has 3 fully saturated rings. The van der Waals surface area contributed by atoms with Crippen molar-refractivity contribution in [2.45, 2.75) is 55.8 Å². The van der Waals surface area contributed by atoms with Gasteiger partial charge in [0.15, 0.2) is 0 Å². The van der Waals surface area contributed by atoms with Gasteiger partial charge in [-0.3, -0.25) is 14.4 Å². The number of rotatable bonds is 8. The molecule has 3 aromatic carbocycles. The molecular formula is C34H37N3O4S. The first-order chi connectivity index (χ1) is 20.3. The van der Waals surface area contributed by atoms with E-state index in [1.165, 1.54) is 0 Å². The van der Waals surface area contributed by atoms with Gasteiger partial charge in [0.05, 0.1) is 29.2 Å². The Labute approximate surface area is 251 Å². The van der Waals surface area contributed by atoms with Crippen molar-refractivity contribution >= 4 is 35.2 Å². The Balaban J connectivity index is 1.41. The summed E-state index contributed by atoms with van der Waals surface area (Å²) in [5, 5.41) is 16.9. The summed E-state index contributed by atoms with van der Waals surface area (Å²) in [4.78, 5) is 44.5. The Morgan fingerprint density at radius 1 is 0.976 bits per heavy atom. The van der Waals surface area contributed by atoms with E-state index < -0.39 is 28.7 Å². The summed E-state index contributed by atoms with van der Waals surface area (Å²) in [6, 6.07) is 23.4. The number of hydrogen-bond acceptors (Lipinski definition) is 5. The minimum absolute atomic E-state index is 0.0217. The second-order valence-electron chi connectivity index (χ2n) is 11.9. The highest BCUT2D eigenvalue weighted by molar-refractivity contribution is 8.02. The lowest BCUT2D eigenvalue weighted by molar-refractivity contribution is -0.142. The summed E-state index contributed by atoms with van der Waals surface area (Å²) < 4.78 is -0.792. The van der Waals surface area contributed by atoms with Crippen molar-refractivity contribution in [2.24, 2.45) is 17.8 Å². The van der Waals surface area contributed by atoms with E-state index in [4.69, 9.17) is 0 Å². The molecule has 0 aliphatic carbocycles. The molecule has 42 heavy (non-hydrogen) atoms. The molecule has 7 atom stereocenters. The van der Waals surface area contributed by atoms with Gasteiger partial charge >= 0.3 is 0 Å². The van der Waals surface area contributed by atoms with Gasteiger partial charge in [0, 0.05) is 17.5 Å². The number of amides is 3. The summed E-state index contributed by atoms with van der Waals surface area (Å²) >= 11 is 1.64. The van der Waals surface area contributed by atoms with E-state index in [9.17, 15) is 19.5 Å². The van der Waals surface area contributed by atoms with Crippen LogP contribution in [0.2, 0.25) is 0 Å². The third kappa shape index (κ3) is 4.52. The van der Waals surface area contributed by atoms with Crippen molar-refractivity contribution in [1.29, 1.82) is 0 Å². The van der Waals surface area contributed by atoms with Gasteiger partial charge < -0.3 is 20.6 Å². The molecule has 0 saturated carbocycles. The predicted octanol–water partition coefficient (Wildman–Crippen LogP) is 4.63. The zero-order valence-electron chi connectivity index (χ0n) is 24.1. The van der Waals surface area contributed by atoms with Crippen molar-refractivity contribution < 1.29 is 19.5 Å². The van der Waals surface area contributed by atoms with E-state index in [0.717, 1.165) is 34.4 Å². The molecule has 8 heteroatoms. The number of likely N-dealkylation sites (tertiary alicyclic amines) is 1. The maximum atomic E-state index is 14.6. The lowest BCUT2D eigenvalue weighted by Crippen LogP contribution is -2.55. The molecule has 3 amide bonds. The number of anilines is 1. The van der Waals surface area contributed by atoms with Crippen LogP contribution in [0, 0.1) is 31.6 Å². The first-order valence-electron chi connectivity index (χ1n) is 14.6. The number of aliphatic hydroxyl groups excluding tert-OH is 1. The third-order valence-corrected chi connectivity index (χ3v) is 11.5. The minimum atomic E-state index is -0.858. The van der Waals surface area contributed by atoms with Gasteiger partial charge in [-0.1, -0.05) is 85.8 Å². The second-order valence-corrected chi connectivity index (χ2v) is 13.4. The first kappa shape index (κ1) is 28.5. The van der Waals surface area contributed by atoms with Gasteiger partial charge in [-0.25, -0.2) is 0 Å². The van der Waals surface area contributed by atoms with Gasteiger partial charge in [-0.05, 0) is 48.4 Å². The summed E-state index contributed by atoms with van der Waals surface area (Å²) in [6.45, 7) is 6.05. The number of hydrogen-bond donors (Lipinski definition) is 3. The standard InChI is InChI=1S/C34H37N3O4S/c1-20-11-10-12-21(2)29(20)36-32(40)30-34-22(3)17-26(42-34)27(31(39)35-18-23-13-6-4-7-14-23)28(34)33(41)37(30)25(19-38)24-15-8-5-9-16-24/h4-16,22,25-28,30,38H,17-19H2,1-3H3,(H,35,39)(H,36,40)/t22?,25-,26-,27+,28+,30?,34?/m1/s1. The Bertz CT molecular complexity index is 1480. The van der Waals surface area contributed by atoms with Crippen molar-refractivity contribution in [3.63, 3.8) is 0 Å². The molecule has 3 heterocycles. The fraction of sp³-hybridized carbons (Fsp3) is 0.382. The van der Waals surface area contributed by atoms with Crippen LogP contribution in [0.15, 0.2) is 78.9 Å². The molecule has 0 aromatic heterocycles. The van der Waals surface area contributed by atoms with Crippen molar-refractivity contribution in [3.8, 4) is 0 Å². The van der Waals surface area contributed by atoms with Crippen LogP contribution in [-0.4, -0.2) is 50.4 Å². The molecule has 3 aliphatic heterocycles. The second kappa shape index (κ2) is 11.2. The average molecular weight is 584 g/mol. The van der Waals surface area contributed by atoms with Crippen molar-refractivity contribution in [1.82, 2.24) is 10.2 Å². The number of para-hydroxylation sites is 1. The van der Waals surface area contributed by atoms with E-state index in [2.05, 4.69) is 17.6 Å². The maximum absolute atomic E-state index is 14.6. The fourth-order valence-corrected chi connectivity index (χ4v) is 9.94. The molecule has 1 spiro atoms. The number of nitrogens with zero attached hydrogens (tertiary/aromatic N) is 1. The highest BCUT2D eigenvalue weighted by atomic mass is 32.2. The fourth-order valence-electron chi connectivity index (χ4n) is 7.53. The summed E-state index contributed by atoms with van der Waals surface area (Å²) in [7, 11) is 0. The predicted molar refractivity (Wildman–Crippen MR) is 165 cm³/mol. The molecule has 3 aromatic rings. The molecule has 218 valence electrons. The topological polar surface area (TPSA) is 98.7 Å². The van der Waals surface area contributed by atoms with Crippen LogP contribution in [0.4, 0.5) is 5.69 Å². The summed E-state index contributed by atoms with van der Waals surface area (Å²) in [5.74, 6) is -1.87. The molecule has 7 nitrogen and oxygen atoms in total. The summed E-state index contributed by atoms with van der Waals surface area (Å²) in [6.07, 6.45) is 0.744. The molecule has 3 unspecified atom stereocenters. The zero-order chi connectivity index (χ0) is 29.6. The first-order valence-corrected chi connectivity index (χ1v) is 15.5. The van der Waals surface area contributed by atoms with Gasteiger partial charge in [0.25, 0.3) is 0 Å². The Morgan fingerprint density at radius 2 is 1.62 bits per heavy atom. The average Bonchev–Trinajstić information content (AvgIpc) is 3.59. The third-order valence-electron chi connectivity index (χ3n) is 9.47. The lowest BCUT2D eigenvalue weighted by Gasteiger charge is -2.40. The van der Waals surface area contributed by atoms with Crippen LogP contribution in [-0.2, 0) is 20.9 Å². The number of thioether (sulfide) groups is 1. The quantitative estimate of drug-likeness (QED) is 0.359. The number of fused-ring (bicyclic) bond motifs is 1. The molecule has 3 aliphatic rings. The highest BCUT2D eigenvalue weighted by Crippen LogP contribution is 2.69. The van der Waals surface area contributed by atoms with Crippen LogP contribution < -0.4 is 10.6 Å². The molecule has 0 radical (unpaired) electrons. The van der Waals surface area contributed by atoms with E-state index in [1.54, 1.807) is 16.7 Å². The monoisotopic (exact) mass is 583 g/mol. The largest absolute Gasteiger partial charge is 0.394 e. The minimum Gasteiger partial charge on any atom is -0.394 e. The number of nitrogens with one attached hydrogen (secondary N) is 2. The summed E-state index contributed by atoms with van der Waals surface area (Å²) in [5.41, 5.74) is 4.35. The van der Waals surface area contributed by atoms with Crippen molar-refractivity contribution in [2.75, 3.05) is 11.9 Å². The van der Waals surface area contributed by atoms with Crippen LogP contribution in [0.3, 0.4) is 0 Å². The van der Waals surface area contributed by atoms with E-state index in [1.807, 2.05) is 92.7 Å². The number of benzene rings is 3. The molecule has 3 N–H and O–H groups in total. The van der Waals surface area contributed by atoms with Crippen LogP contribution >= 0.6 is 11.8 Å². The maximum Gasteiger partial charge on any atom is 0.248 e. The van der Waals surface area contributed by atoms with Crippen LogP contribution in [0.25, 0.3) is 0 Å². The zero-order valence-corrected chi connectivity index (χ0v) is 24.9. The van der Waals surface area contributed by atoms with E-state index >= 15 is 0 Å². The Morgan fingerprint density at radius 3 is 2.26 bits per heavy atom. The number of aliphatic hydroxyl groups is 1. The van der Waals surface area contributed by atoms with Gasteiger partial charge in [-0.2, -0.15) is 0 Å². The number of carbonyl (C=O) groups is 3.